The highest BCUT2D eigenvalue weighted by Crippen LogP contribution is 2.41. The molecule has 0 spiro atoms. The number of halogens is 5. The van der Waals surface area contributed by atoms with Gasteiger partial charge in [-0.05, 0) is 79.0 Å². The monoisotopic (exact) mass is 558 g/mol. The summed E-state index contributed by atoms with van der Waals surface area (Å²) in [7, 11) is 0. The molecule has 1 saturated carbocycles. The van der Waals surface area contributed by atoms with Crippen LogP contribution in [0, 0.1) is 23.4 Å². The number of alkyl halides is 2. The van der Waals surface area contributed by atoms with E-state index in [1.54, 1.807) is 12.1 Å². The van der Waals surface area contributed by atoms with Crippen LogP contribution in [0.4, 0.5) is 22.0 Å². The molecule has 0 unspecified atom stereocenters. The predicted octanol–water partition coefficient (Wildman–Crippen LogP) is 11.3. The minimum Gasteiger partial charge on any atom is -0.428 e. The number of rotatable bonds is 13. The Balaban J connectivity index is 1.33. The average molecular weight is 559 g/mol. The number of unbranched alkanes of at least 4 members (excludes halogenated alkanes) is 6. The zero-order valence-corrected chi connectivity index (χ0v) is 23.2. The maximum atomic E-state index is 15.2. The first-order valence-electron chi connectivity index (χ1n) is 14.7. The van der Waals surface area contributed by atoms with Crippen LogP contribution in [0.25, 0.3) is 11.1 Å². The Morgan fingerprint density at radius 3 is 2.00 bits per heavy atom. The van der Waals surface area contributed by atoms with Crippen molar-refractivity contribution in [2.45, 2.75) is 96.0 Å². The molecule has 4 rings (SSSR count). The van der Waals surface area contributed by atoms with E-state index in [1.165, 1.54) is 101 Å². The van der Waals surface area contributed by atoms with Gasteiger partial charge in [-0.3, -0.25) is 0 Å². The molecular weight excluding hydrogens is 519 g/mol. The van der Waals surface area contributed by atoms with Crippen molar-refractivity contribution in [3.05, 3.63) is 89.2 Å². The second kappa shape index (κ2) is 14.1. The first-order valence-corrected chi connectivity index (χ1v) is 14.7. The summed E-state index contributed by atoms with van der Waals surface area (Å²) < 4.78 is 76.4. The third kappa shape index (κ3) is 7.86. The van der Waals surface area contributed by atoms with E-state index >= 15 is 8.78 Å². The van der Waals surface area contributed by atoms with Gasteiger partial charge in [0.05, 0.1) is 5.56 Å². The average Bonchev–Trinajstić information content (AvgIpc) is 2.96. The second-order valence-electron chi connectivity index (χ2n) is 11.1. The minimum atomic E-state index is -3.68. The molecule has 0 aromatic heterocycles. The molecule has 40 heavy (non-hydrogen) atoms. The highest BCUT2D eigenvalue weighted by Gasteiger charge is 2.35. The van der Waals surface area contributed by atoms with Crippen molar-refractivity contribution in [2.24, 2.45) is 5.92 Å². The van der Waals surface area contributed by atoms with E-state index in [1.807, 2.05) is 0 Å². The zero-order chi connectivity index (χ0) is 28.5. The zero-order valence-electron chi connectivity index (χ0n) is 23.2. The summed E-state index contributed by atoms with van der Waals surface area (Å²) >= 11 is 0. The van der Waals surface area contributed by atoms with Crippen molar-refractivity contribution in [1.29, 1.82) is 0 Å². The fraction of sp³-hybridized carbons (Fsp3) is 0.471. The molecular formula is C34H39F5O. The van der Waals surface area contributed by atoms with Gasteiger partial charge in [-0.1, -0.05) is 88.6 Å². The molecule has 0 amide bonds. The van der Waals surface area contributed by atoms with E-state index < -0.39 is 23.6 Å². The number of benzene rings is 3. The summed E-state index contributed by atoms with van der Waals surface area (Å²) in [5.41, 5.74) is 0.687. The Bertz CT molecular complexity index is 1190. The molecule has 216 valence electrons. The Kier molecular flexibility index (Phi) is 10.6. The molecule has 1 fully saturated rings. The van der Waals surface area contributed by atoms with Gasteiger partial charge >= 0.3 is 6.11 Å². The second-order valence-corrected chi connectivity index (χ2v) is 11.1. The van der Waals surface area contributed by atoms with Crippen molar-refractivity contribution in [3.63, 3.8) is 0 Å². The predicted molar refractivity (Wildman–Crippen MR) is 150 cm³/mol. The van der Waals surface area contributed by atoms with Crippen LogP contribution in [0.2, 0.25) is 0 Å². The van der Waals surface area contributed by atoms with E-state index in [0.717, 1.165) is 36.5 Å². The summed E-state index contributed by atoms with van der Waals surface area (Å²) in [5.74, 6) is -3.54. The summed E-state index contributed by atoms with van der Waals surface area (Å²) in [6.45, 7) is 2.24. The van der Waals surface area contributed by atoms with Gasteiger partial charge < -0.3 is 4.74 Å². The molecule has 0 radical (unpaired) electrons. The normalized spacial score (nSPS) is 17.6. The standard InChI is InChI=1S/C34H39F5O/c1-2-3-4-5-6-7-8-11-24-14-16-25(17-15-24)26-18-20-28(21-19-26)34(38,39)40-32-13-10-9-12-29(32)27-22-30(35)33(37)31(36)23-27/h9-10,12-13,18-25H,2-8,11,14-17H2,1H3/t24-,25-. The van der Waals surface area contributed by atoms with Crippen LogP contribution in [-0.2, 0) is 6.11 Å². The molecule has 1 nitrogen and oxygen atoms in total. The van der Waals surface area contributed by atoms with E-state index in [4.69, 9.17) is 4.74 Å². The minimum absolute atomic E-state index is 0.0323. The SMILES string of the molecule is CCCCCCCCC[C@H]1CC[C@H](c2ccc(C(F)(F)Oc3ccccc3-c3cc(F)c(F)c(F)c3)cc2)CC1. The van der Waals surface area contributed by atoms with Crippen molar-refractivity contribution < 1.29 is 26.7 Å². The molecule has 3 aromatic rings. The maximum absolute atomic E-state index is 15.2. The van der Waals surface area contributed by atoms with Gasteiger partial charge in [0, 0.05) is 5.56 Å². The van der Waals surface area contributed by atoms with Crippen molar-refractivity contribution in [1.82, 2.24) is 0 Å². The van der Waals surface area contributed by atoms with Gasteiger partial charge in [0.1, 0.15) is 5.75 Å². The van der Waals surface area contributed by atoms with E-state index in [0.29, 0.717) is 5.92 Å². The van der Waals surface area contributed by atoms with Crippen LogP contribution in [0.5, 0.6) is 5.75 Å². The molecule has 0 saturated heterocycles. The lowest BCUT2D eigenvalue weighted by Gasteiger charge is -2.29. The van der Waals surface area contributed by atoms with Crippen molar-refractivity contribution in [3.8, 4) is 16.9 Å². The molecule has 1 aliphatic rings. The third-order valence-corrected chi connectivity index (χ3v) is 8.20. The fourth-order valence-electron chi connectivity index (χ4n) is 5.83. The Morgan fingerprint density at radius 2 is 1.35 bits per heavy atom. The number of ether oxygens (including phenoxy) is 1. The van der Waals surface area contributed by atoms with Crippen LogP contribution >= 0.6 is 0 Å². The molecule has 0 atom stereocenters. The van der Waals surface area contributed by atoms with E-state index in [-0.39, 0.29) is 22.4 Å². The Hall–Kier alpha value is -2.89. The van der Waals surface area contributed by atoms with Crippen LogP contribution in [-0.4, -0.2) is 0 Å². The summed E-state index contributed by atoms with van der Waals surface area (Å²) in [5, 5.41) is 0. The molecule has 6 heteroatoms. The first-order chi connectivity index (χ1) is 19.3. The maximum Gasteiger partial charge on any atom is 0.426 e. The quantitative estimate of drug-likeness (QED) is 0.115. The topological polar surface area (TPSA) is 9.23 Å². The Morgan fingerprint density at radius 1 is 0.750 bits per heavy atom. The molecule has 0 heterocycles. The number of hydrogen-bond donors (Lipinski definition) is 0. The van der Waals surface area contributed by atoms with Gasteiger partial charge in [0.2, 0.25) is 0 Å². The van der Waals surface area contributed by atoms with Gasteiger partial charge in [0.15, 0.2) is 17.5 Å². The van der Waals surface area contributed by atoms with Crippen molar-refractivity contribution >= 4 is 0 Å². The third-order valence-electron chi connectivity index (χ3n) is 8.20. The smallest absolute Gasteiger partial charge is 0.426 e. The molecule has 0 N–H and O–H groups in total. The van der Waals surface area contributed by atoms with Gasteiger partial charge in [-0.25, -0.2) is 13.2 Å². The van der Waals surface area contributed by atoms with Crippen molar-refractivity contribution in [2.75, 3.05) is 0 Å². The van der Waals surface area contributed by atoms with Crippen LogP contribution in [0.3, 0.4) is 0 Å². The van der Waals surface area contributed by atoms with Gasteiger partial charge in [-0.15, -0.1) is 0 Å². The molecule has 3 aromatic carbocycles. The summed E-state index contributed by atoms with van der Waals surface area (Å²) in [6, 6.07) is 13.5. The fourth-order valence-corrected chi connectivity index (χ4v) is 5.83. The van der Waals surface area contributed by atoms with Crippen LogP contribution in [0.1, 0.15) is 101 Å². The highest BCUT2D eigenvalue weighted by atomic mass is 19.3. The van der Waals surface area contributed by atoms with Crippen LogP contribution < -0.4 is 4.74 Å². The van der Waals surface area contributed by atoms with Gasteiger partial charge in [-0.2, -0.15) is 8.78 Å². The largest absolute Gasteiger partial charge is 0.428 e. The van der Waals surface area contributed by atoms with E-state index in [9.17, 15) is 13.2 Å². The highest BCUT2D eigenvalue weighted by molar-refractivity contribution is 5.70. The lowest BCUT2D eigenvalue weighted by Crippen LogP contribution is -2.22. The lowest BCUT2D eigenvalue weighted by molar-refractivity contribution is -0.185. The van der Waals surface area contributed by atoms with E-state index in [2.05, 4.69) is 6.92 Å². The lowest BCUT2D eigenvalue weighted by atomic mass is 9.77. The molecule has 0 bridgehead atoms. The Labute approximate surface area is 234 Å². The number of hydrogen-bond acceptors (Lipinski definition) is 1. The van der Waals surface area contributed by atoms with Crippen LogP contribution in [0.15, 0.2) is 60.7 Å². The molecule has 0 aliphatic heterocycles. The first kappa shape index (κ1) is 30.1. The molecule has 1 aliphatic carbocycles. The summed E-state index contributed by atoms with van der Waals surface area (Å²) in [4.78, 5) is 0. The number of para-hydroxylation sites is 1. The summed E-state index contributed by atoms with van der Waals surface area (Å²) in [6.07, 6.45) is 11.4. The van der Waals surface area contributed by atoms with Gasteiger partial charge in [0.25, 0.3) is 0 Å².